The molecule has 0 radical (unpaired) electrons. The van der Waals surface area contributed by atoms with Gasteiger partial charge in [0.1, 0.15) is 12.2 Å². The van der Waals surface area contributed by atoms with Gasteiger partial charge in [-0.15, -0.1) is 0 Å². The SMILES string of the molecule is CCCC(=O)OC1CC(C)(C)N(OC(C)c2ccccc2)C(CC)(CC)C1. The Labute approximate surface area is 165 Å². The fraction of sp³-hybridized carbons (Fsp3) is 0.696. The van der Waals surface area contributed by atoms with Gasteiger partial charge in [-0.3, -0.25) is 9.63 Å². The summed E-state index contributed by atoms with van der Waals surface area (Å²) in [6.07, 6.45) is 4.75. The molecule has 0 aromatic heterocycles. The van der Waals surface area contributed by atoms with Crippen LogP contribution < -0.4 is 0 Å². The van der Waals surface area contributed by atoms with Crippen LogP contribution in [0, 0.1) is 0 Å². The first kappa shape index (κ1) is 21.9. The second-order valence-corrected chi connectivity index (χ2v) is 8.47. The topological polar surface area (TPSA) is 38.8 Å². The molecule has 0 aliphatic carbocycles. The van der Waals surface area contributed by atoms with E-state index in [9.17, 15) is 4.79 Å². The highest BCUT2D eigenvalue weighted by Gasteiger charge is 2.51. The van der Waals surface area contributed by atoms with Crippen LogP contribution in [0.2, 0.25) is 0 Å². The van der Waals surface area contributed by atoms with E-state index < -0.39 is 0 Å². The predicted molar refractivity (Wildman–Crippen MR) is 109 cm³/mol. The fourth-order valence-electron chi connectivity index (χ4n) is 4.42. The highest BCUT2D eigenvalue weighted by atomic mass is 16.7. The Hall–Kier alpha value is -1.39. The quantitative estimate of drug-likeness (QED) is 0.536. The summed E-state index contributed by atoms with van der Waals surface area (Å²) in [5.41, 5.74) is 0.817. The maximum Gasteiger partial charge on any atom is 0.306 e. The summed E-state index contributed by atoms with van der Waals surface area (Å²) in [5, 5.41) is 2.22. The first-order chi connectivity index (χ1) is 12.8. The first-order valence-corrected chi connectivity index (χ1v) is 10.5. The molecular weight excluding hydrogens is 338 g/mol. The number of hydrogen-bond acceptors (Lipinski definition) is 4. The molecule has 1 aromatic rings. The van der Waals surface area contributed by atoms with Crippen LogP contribution in [0.4, 0.5) is 0 Å². The summed E-state index contributed by atoms with van der Waals surface area (Å²) in [6, 6.07) is 10.3. The molecular formula is C23H37NO3. The normalized spacial score (nSPS) is 23.0. The molecule has 1 aliphatic rings. The van der Waals surface area contributed by atoms with Gasteiger partial charge in [-0.2, -0.15) is 5.06 Å². The van der Waals surface area contributed by atoms with Crippen LogP contribution in [-0.2, 0) is 14.4 Å². The van der Waals surface area contributed by atoms with E-state index in [1.54, 1.807) is 0 Å². The summed E-state index contributed by atoms with van der Waals surface area (Å²) in [5.74, 6) is -0.0774. The van der Waals surface area contributed by atoms with Crippen LogP contribution in [0.1, 0.15) is 91.7 Å². The molecule has 0 N–H and O–H groups in total. The lowest BCUT2D eigenvalue weighted by molar-refractivity contribution is -0.323. The second kappa shape index (κ2) is 9.20. The van der Waals surface area contributed by atoms with Crippen molar-refractivity contribution in [1.82, 2.24) is 5.06 Å². The third kappa shape index (κ3) is 5.11. The molecule has 1 heterocycles. The number of ether oxygens (including phenoxy) is 1. The molecule has 1 fully saturated rings. The average molecular weight is 376 g/mol. The van der Waals surface area contributed by atoms with Crippen molar-refractivity contribution in [3.63, 3.8) is 0 Å². The lowest BCUT2D eigenvalue weighted by atomic mass is 9.75. The number of nitrogens with zero attached hydrogens (tertiary/aromatic N) is 1. The molecule has 0 spiro atoms. The minimum Gasteiger partial charge on any atom is -0.462 e. The van der Waals surface area contributed by atoms with E-state index in [0.717, 1.165) is 32.1 Å². The Morgan fingerprint density at radius 1 is 1.15 bits per heavy atom. The van der Waals surface area contributed by atoms with Gasteiger partial charge in [0.15, 0.2) is 0 Å². The average Bonchev–Trinajstić information content (AvgIpc) is 2.64. The van der Waals surface area contributed by atoms with E-state index in [-0.39, 0.29) is 29.3 Å². The number of benzene rings is 1. The Bertz CT molecular complexity index is 595. The summed E-state index contributed by atoms with van der Waals surface area (Å²) in [7, 11) is 0. The summed E-state index contributed by atoms with van der Waals surface area (Å²) in [6.45, 7) is 12.9. The van der Waals surface area contributed by atoms with Crippen LogP contribution in [0.25, 0.3) is 0 Å². The lowest BCUT2D eigenvalue weighted by Gasteiger charge is -2.56. The van der Waals surface area contributed by atoms with Gasteiger partial charge >= 0.3 is 5.97 Å². The van der Waals surface area contributed by atoms with E-state index in [2.05, 4.69) is 51.8 Å². The van der Waals surface area contributed by atoms with Crippen LogP contribution in [0.15, 0.2) is 30.3 Å². The molecule has 1 aliphatic heterocycles. The predicted octanol–water partition coefficient (Wildman–Crippen LogP) is 5.82. The summed E-state index contributed by atoms with van der Waals surface area (Å²) in [4.78, 5) is 18.7. The second-order valence-electron chi connectivity index (χ2n) is 8.47. The molecule has 0 amide bonds. The molecule has 0 saturated carbocycles. The molecule has 0 bridgehead atoms. The monoisotopic (exact) mass is 375 g/mol. The Morgan fingerprint density at radius 2 is 1.78 bits per heavy atom. The largest absolute Gasteiger partial charge is 0.462 e. The van der Waals surface area contributed by atoms with Crippen LogP contribution in [0.5, 0.6) is 0 Å². The minimum absolute atomic E-state index is 0.0258. The molecule has 4 nitrogen and oxygen atoms in total. The van der Waals surface area contributed by atoms with Gasteiger partial charge in [-0.1, -0.05) is 51.1 Å². The highest BCUT2D eigenvalue weighted by molar-refractivity contribution is 5.69. The van der Waals surface area contributed by atoms with Gasteiger partial charge in [0.05, 0.1) is 0 Å². The van der Waals surface area contributed by atoms with Gasteiger partial charge in [0.2, 0.25) is 0 Å². The third-order valence-corrected chi connectivity index (χ3v) is 5.92. The Kier molecular flexibility index (Phi) is 7.47. The smallest absolute Gasteiger partial charge is 0.306 e. The number of esters is 1. The first-order valence-electron chi connectivity index (χ1n) is 10.5. The van der Waals surface area contributed by atoms with Gasteiger partial charge in [-0.05, 0) is 45.6 Å². The van der Waals surface area contributed by atoms with Gasteiger partial charge < -0.3 is 4.74 Å². The van der Waals surface area contributed by atoms with E-state index in [4.69, 9.17) is 9.57 Å². The van der Waals surface area contributed by atoms with Crippen molar-refractivity contribution in [2.75, 3.05) is 0 Å². The third-order valence-electron chi connectivity index (χ3n) is 5.92. The van der Waals surface area contributed by atoms with Crippen LogP contribution in [0.3, 0.4) is 0 Å². The van der Waals surface area contributed by atoms with Crippen molar-refractivity contribution in [3.8, 4) is 0 Å². The van der Waals surface area contributed by atoms with E-state index in [1.807, 2.05) is 25.1 Å². The van der Waals surface area contributed by atoms with E-state index >= 15 is 0 Å². The number of piperidine rings is 1. The van der Waals surface area contributed by atoms with Crippen molar-refractivity contribution in [2.24, 2.45) is 0 Å². The molecule has 152 valence electrons. The zero-order chi connectivity index (χ0) is 20.1. The number of hydroxylamine groups is 2. The summed E-state index contributed by atoms with van der Waals surface area (Å²) < 4.78 is 5.84. The highest BCUT2D eigenvalue weighted by Crippen LogP contribution is 2.45. The van der Waals surface area contributed by atoms with Crippen molar-refractivity contribution in [3.05, 3.63) is 35.9 Å². The molecule has 1 aromatic carbocycles. The zero-order valence-electron chi connectivity index (χ0n) is 18.0. The minimum atomic E-state index is -0.218. The van der Waals surface area contributed by atoms with Crippen LogP contribution in [-0.4, -0.2) is 28.2 Å². The maximum atomic E-state index is 12.1. The lowest BCUT2D eigenvalue weighted by Crippen LogP contribution is -2.64. The number of hydrogen-bond donors (Lipinski definition) is 0. The van der Waals surface area contributed by atoms with Crippen molar-refractivity contribution < 1.29 is 14.4 Å². The molecule has 2 atom stereocenters. The zero-order valence-corrected chi connectivity index (χ0v) is 18.0. The van der Waals surface area contributed by atoms with Crippen molar-refractivity contribution in [1.29, 1.82) is 0 Å². The van der Waals surface area contributed by atoms with Gasteiger partial charge in [0.25, 0.3) is 0 Å². The van der Waals surface area contributed by atoms with Gasteiger partial charge in [-0.25, -0.2) is 0 Å². The molecule has 27 heavy (non-hydrogen) atoms. The fourth-order valence-corrected chi connectivity index (χ4v) is 4.42. The maximum absolute atomic E-state index is 12.1. The van der Waals surface area contributed by atoms with Crippen molar-refractivity contribution in [2.45, 2.75) is 103 Å². The number of rotatable bonds is 8. The van der Waals surface area contributed by atoms with E-state index in [1.165, 1.54) is 5.56 Å². The molecule has 4 heteroatoms. The number of carbonyl (C=O) groups is 1. The molecule has 1 saturated heterocycles. The van der Waals surface area contributed by atoms with Crippen molar-refractivity contribution >= 4 is 5.97 Å². The molecule has 2 rings (SSSR count). The summed E-state index contributed by atoms with van der Waals surface area (Å²) >= 11 is 0. The van der Waals surface area contributed by atoms with Crippen LogP contribution >= 0.6 is 0 Å². The Balaban J connectivity index is 2.23. The standard InChI is InChI=1S/C23H37NO3/c1-7-13-21(25)26-20-16-22(5,6)24(23(8-2,9-3)17-20)27-18(4)19-14-11-10-12-15-19/h10-12,14-15,18,20H,7-9,13,16-17H2,1-6H3. The Morgan fingerprint density at radius 3 is 2.33 bits per heavy atom. The molecule has 2 unspecified atom stereocenters. The number of carbonyl (C=O) groups excluding carboxylic acids is 1. The van der Waals surface area contributed by atoms with Gasteiger partial charge in [0, 0.05) is 30.3 Å². The van der Waals surface area contributed by atoms with E-state index in [0.29, 0.717) is 6.42 Å².